The predicted molar refractivity (Wildman–Crippen MR) is 112 cm³/mol. The van der Waals surface area contributed by atoms with Crippen molar-refractivity contribution in [3.8, 4) is 0 Å². The molecule has 0 amide bonds. The lowest BCUT2D eigenvalue weighted by molar-refractivity contribution is 0.0372. The highest BCUT2D eigenvalue weighted by Gasteiger charge is 2.09. The molecule has 1 heterocycles. The second kappa shape index (κ2) is 12.7. The molecule has 1 saturated heterocycles. The number of rotatable bonds is 7. The van der Waals surface area contributed by atoms with Crippen molar-refractivity contribution in [2.75, 3.05) is 46.4 Å². The molecule has 136 valence electrons. The topological polar surface area (TPSA) is 48.9 Å². The van der Waals surface area contributed by atoms with Crippen LogP contribution < -0.4 is 10.6 Å². The van der Waals surface area contributed by atoms with Crippen molar-refractivity contribution in [1.82, 2.24) is 15.5 Å². The number of nitrogens with zero attached hydrogens (tertiary/aromatic N) is 2. The second-order valence-electron chi connectivity index (χ2n) is 5.64. The van der Waals surface area contributed by atoms with Gasteiger partial charge >= 0.3 is 0 Å². The number of aliphatic imine (C=N–C) groups is 1. The highest BCUT2D eigenvalue weighted by molar-refractivity contribution is 14.0. The van der Waals surface area contributed by atoms with E-state index < -0.39 is 0 Å². The van der Waals surface area contributed by atoms with Gasteiger partial charge in [0.05, 0.1) is 13.2 Å². The minimum atomic E-state index is 0. The highest BCUT2D eigenvalue weighted by Crippen LogP contribution is 2.09. The van der Waals surface area contributed by atoms with E-state index in [-0.39, 0.29) is 24.0 Å². The molecule has 2 N–H and O–H groups in total. The number of hydrogen-bond donors (Lipinski definition) is 2. The van der Waals surface area contributed by atoms with Gasteiger partial charge in [-0.3, -0.25) is 9.89 Å². The Morgan fingerprint density at radius 1 is 1.17 bits per heavy atom. The van der Waals surface area contributed by atoms with Gasteiger partial charge in [0.25, 0.3) is 0 Å². The summed E-state index contributed by atoms with van der Waals surface area (Å²) < 4.78 is 5.36. The largest absolute Gasteiger partial charge is 0.379 e. The van der Waals surface area contributed by atoms with E-state index in [0.29, 0.717) is 0 Å². The van der Waals surface area contributed by atoms with Gasteiger partial charge in [0, 0.05) is 38.2 Å². The Morgan fingerprint density at radius 2 is 1.88 bits per heavy atom. The van der Waals surface area contributed by atoms with Crippen LogP contribution in [-0.4, -0.2) is 57.3 Å². The number of unbranched alkanes of at least 4 members (excludes halogenated alkanes) is 1. The van der Waals surface area contributed by atoms with Gasteiger partial charge in [-0.15, -0.1) is 24.0 Å². The van der Waals surface area contributed by atoms with Gasteiger partial charge in [0.15, 0.2) is 5.96 Å². The van der Waals surface area contributed by atoms with Crippen molar-refractivity contribution in [3.63, 3.8) is 0 Å². The number of hydrogen-bond acceptors (Lipinski definition) is 3. The van der Waals surface area contributed by atoms with Gasteiger partial charge in [0.1, 0.15) is 0 Å². The van der Waals surface area contributed by atoms with Crippen LogP contribution in [0.3, 0.4) is 0 Å². The summed E-state index contributed by atoms with van der Waals surface area (Å²) in [5, 5.41) is 7.43. The minimum absolute atomic E-state index is 0. The normalized spacial score (nSPS) is 15.7. The van der Waals surface area contributed by atoms with Crippen LogP contribution in [0.1, 0.15) is 18.4 Å². The molecule has 0 aliphatic carbocycles. The van der Waals surface area contributed by atoms with Crippen LogP contribution in [0, 0.1) is 0 Å². The van der Waals surface area contributed by atoms with E-state index >= 15 is 0 Å². The third-order valence-corrected chi connectivity index (χ3v) is 4.15. The molecule has 0 bridgehead atoms. The highest BCUT2D eigenvalue weighted by atomic mass is 127. The van der Waals surface area contributed by atoms with Crippen LogP contribution >= 0.6 is 35.6 Å². The molecule has 1 aromatic carbocycles. The van der Waals surface area contributed by atoms with Crippen LogP contribution in [0.5, 0.6) is 0 Å². The molecule has 0 unspecified atom stereocenters. The van der Waals surface area contributed by atoms with E-state index in [1.807, 2.05) is 24.3 Å². The molecular formula is C17H28ClIN4O. The number of benzene rings is 1. The standard InChI is InChI=1S/C17H27ClN4O.HI/c1-19-17(21-14-15-4-6-16(18)7-5-15)20-8-2-3-9-22-10-12-23-13-11-22;/h4-7H,2-3,8-14H2,1H3,(H2,19,20,21);1H. The number of morpholine rings is 1. The van der Waals surface area contributed by atoms with E-state index in [2.05, 4.69) is 20.5 Å². The molecule has 0 spiro atoms. The maximum atomic E-state index is 5.89. The lowest BCUT2D eigenvalue weighted by Gasteiger charge is -2.26. The van der Waals surface area contributed by atoms with Crippen LogP contribution in [0.25, 0.3) is 0 Å². The molecule has 2 rings (SSSR count). The summed E-state index contributed by atoms with van der Waals surface area (Å²) >= 11 is 5.89. The van der Waals surface area contributed by atoms with Crippen molar-refractivity contribution >= 4 is 41.5 Å². The predicted octanol–water partition coefficient (Wildman–Crippen LogP) is 2.74. The Kier molecular flexibility index (Phi) is 11.4. The number of halogens is 2. The van der Waals surface area contributed by atoms with Crippen molar-refractivity contribution in [1.29, 1.82) is 0 Å². The quantitative estimate of drug-likeness (QED) is 0.281. The summed E-state index contributed by atoms with van der Waals surface area (Å²) in [6.45, 7) is 6.71. The zero-order valence-electron chi connectivity index (χ0n) is 14.3. The molecule has 24 heavy (non-hydrogen) atoms. The molecule has 0 radical (unpaired) electrons. The van der Waals surface area contributed by atoms with Gasteiger partial charge < -0.3 is 15.4 Å². The smallest absolute Gasteiger partial charge is 0.191 e. The van der Waals surface area contributed by atoms with Gasteiger partial charge in [-0.1, -0.05) is 23.7 Å². The van der Waals surface area contributed by atoms with Crippen LogP contribution in [-0.2, 0) is 11.3 Å². The van der Waals surface area contributed by atoms with E-state index in [0.717, 1.165) is 63.3 Å². The van der Waals surface area contributed by atoms with Crippen molar-refractivity contribution in [3.05, 3.63) is 34.9 Å². The molecule has 1 fully saturated rings. The van der Waals surface area contributed by atoms with Gasteiger partial charge in [-0.2, -0.15) is 0 Å². The SMILES string of the molecule is CN=C(NCCCCN1CCOCC1)NCc1ccc(Cl)cc1.I. The van der Waals surface area contributed by atoms with E-state index in [9.17, 15) is 0 Å². The van der Waals surface area contributed by atoms with Crippen molar-refractivity contribution in [2.45, 2.75) is 19.4 Å². The maximum Gasteiger partial charge on any atom is 0.191 e. The van der Waals surface area contributed by atoms with E-state index in [4.69, 9.17) is 16.3 Å². The first kappa shape index (κ1) is 21.5. The summed E-state index contributed by atoms with van der Waals surface area (Å²) in [5.74, 6) is 0.839. The van der Waals surface area contributed by atoms with Crippen molar-refractivity contribution in [2.24, 2.45) is 4.99 Å². The molecule has 7 heteroatoms. The molecular weight excluding hydrogens is 439 g/mol. The fraction of sp³-hybridized carbons (Fsp3) is 0.588. The maximum absolute atomic E-state index is 5.89. The summed E-state index contributed by atoms with van der Waals surface area (Å²) in [6, 6.07) is 7.84. The Hall–Kier alpha value is -0.570. The first-order chi connectivity index (χ1) is 11.3. The van der Waals surface area contributed by atoms with Crippen LogP contribution in [0.4, 0.5) is 0 Å². The minimum Gasteiger partial charge on any atom is -0.379 e. The monoisotopic (exact) mass is 466 g/mol. The summed E-state index contributed by atoms with van der Waals surface area (Å²) in [4.78, 5) is 6.72. The summed E-state index contributed by atoms with van der Waals surface area (Å²) in [6.07, 6.45) is 2.33. The molecule has 0 atom stereocenters. The van der Waals surface area contributed by atoms with Crippen LogP contribution in [0.2, 0.25) is 5.02 Å². The lowest BCUT2D eigenvalue weighted by Crippen LogP contribution is -2.38. The first-order valence-electron chi connectivity index (χ1n) is 8.27. The van der Waals surface area contributed by atoms with Gasteiger partial charge in [-0.05, 0) is 37.1 Å². The Labute approximate surface area is 167 Å². The third-order valence-electron chi connectivity index (χ3n) is 3.89. The number of nitrogens with one attached hydrogen (secondary N) is 2. The average Bonchev–Trinajstić information content (AvgIpc) is 2.59. The fourth-order valence-electron chi connectivity index (χ4n) is 2.50. The summed E-state index contributed by atoms with van der Waals surface area (Å²) in [5.41, 5.74) is 1.18. The number of guanidine groups is 1. The zero-order chi connectivity index (χ0) is 16.3. The summed E-state index contributed by atoms with van der Waals surface area (Å²) in [7, 11) is 1.80. The van der Waals surface area contributed by atoms with Gasteiger partial charge in [0.2, 0.25) is 0 Å². The zero-order valence-corrected chi connectivity index (χ0v) is 17.3. The van der Waals surface area contributed by atoms with Gasteiger partial charge in [-0.25, -0.2) is 0 Å². The van der Waals surface area contributed by atoms with E-state index in [1.165, 1.54) is 12.0 Å². The second-order valence-corrected chi connectivity index (χ2v) is 6.08. The third kappa shape index (κ3) is 8.50. The van der Waals surface area contributed by atoms with Crippen LogP contribution in [0.15, 0.2) is 29.3 Å². The molecule has 0 aromatic heterocycles. The lowest BCUT2D eigenvalue weighted by atomic mass is 10.2. The Morgan fingerprint density at radius 3 is 2.54 bits per heavy atom. The average molecular weight is 467 g/mol. The Balaban J connectivity index is 0.00000288. The number of ether oxygens (including phenoxy) is 1. The fourth-order valence-corrected chi connectivity index (χ4v) is 2.63. The molecule has 0 saturated carbocycles. The Bertz CT molecular complexity index is 478. The molecule has 5 nitrogen and oxygen atoms in total. The van der Waals surface area contributed by atoms with E-state index in [1.54, 1.807) is 7.05 Å². The van der Waals surface area contributed by atoms with Crippen molar-refractivity contribution < 1.29 is 4.74 Å². The molecule has 1 aliphatic heterocycles. The first-order valence-corrected chi connectivity index (χ1v) is 8.65. The molecule has 1 aliphatic rings. The molecule has 1 aromatic rings.